The van der Waals surface area contributed by atoms with Crippen LogP contribution in [-0.4, -0.2) is 31.7 Å². The lowest BCUT2D eigenvalue weighted by Gasteiger charge is -2.43. The van der Waals surface area contributed by atoms with Crippen molar-refractivity contribution in [2.45, 2.75) is 52.1 Å². The maximum Gasteiger partial charge on any atom is 0.245 e. The highest BCUT2D eigenvalue weighted by Gasteiger charge is 2.38. The molecule has 0 saturated heterocycles. The second kappa shape index (κ2) is 6.02. The van der Waals surface area contributed by atoms with E-state index < -0.39 is 0 Å². The first-order valence-electron chi connectivity index (χ1n) is 6.87. The molecule has 0 aromatic carbocycles. The molecule has 106 valence electrons. The third-order valence-corrected chi connectivity index (χ3v) is 4.28. The zero-order chi connectivity index (χ0) is 13.8. The fourth-order valence-electron chi connectivity index (χ4n) is 2.71. The minimum Gasteiger partial charge on any atom is -0.364 e. The highest BCUT2D eigenvalue weighted by molar-refractivity contribution is 5.76. The summed E-state index contributed by atoms with van der Waals surface area (Å²) in [7, 11) is 1.62. The van der Waals surface area contributed by atoms with Crippen LogP contribution >= 0.6 is 0 Å². The lowest BCUT2D eigenvalue weighted by Crippen LogP contribution is -2.47. The molecule has 0 bridgehead atoms. The van der Waals surface area contributed by atoms with E-state index in [-0.39, 0.29) is 18.1 Å². The summed E-state index contributed by atoms with van der Waals surface area (Å²) in [6.45, 7) is 7.49. The van der Waals surface area contributed by atoms with Crippen LogP contribution in [-0.2, 0) is 9.53 Å². The molecule has 0 radical (unpaired) electrons. The molecule has 1 aliphatic carbocycles. The lowest BCUT2D eigenvalue weighted by atomic mass is 9.68. The predicted molar refractivity (Wildman–Crippen MR) is 73.2 cm³/mol. The van der Waals surface area contributed by atoms with Crippen molar-refractivity contribution < 1.29 is 9.53 Å². The number of likely N-dealkylation sites (N-methyl/N-ethyl adjacent to an activating group) is 1. The van der Waals surface area contributed by atoms with Gasteiger partial charge in [0.2, 0.25) is 5.91 Å². The Morgan fingerprint density at radius 2 is 1.94 bits per heavy atom. The Balaban J connectivity index is 2.52. The van der Waals surface area contributed by atoms with E-state index in [9.17, 15) is 4.79 Å². The van der Waals surface area contributed by atoms with E-state index >= 15 is 0 Å². The Morgan fingerprint density at radius 1 is 1.39 bits per heavy atom. The van der Waals surface area contributed by atoms with Crippen LogP contribution in [0.25, 0.3) is 0 Å². The molecule has 0 aromatic rings. The van der Waals surface area contributed by atoms with E-state index in [1.54, 1.807) is 7.05 Å². The van der Waals surface area contributed by atoms with Crippen LogP contribution in [0.2, 0.25) is 0 Å². The maximum absolute atomic E-state index is 11.3. The summed E-state index contributed by atoms with van der Waals surface area (Å²) in [5.74, 6) is 0.640. The molecule has 1 saturated carbocycles. The van der Waals surface area contributed by atoms with Crippen LogP contribution in [0.5, 0.6) is 0 Å². The third-order valence-electron chi connectivity index (χ3n) is 4.28. The SMILES string of the molecule is CNC(=O)COC1(CN)CCC(C(C)(C)C)CC1. The Labute approximate surface area is 111 Å². The van der Waals surface area contributed by atoms with Crippen molar-refractivity contribution in [2.75, 3.05) is 20.2 Å². The predicted octanol–water partition coefficient (Wildman–Crippen LogP) is 1.68. The van der Waals surface area contributed by atoms with Crippen molar-refractivity contribution in [3.63, 3.8) is 0 Å². The van der Waals surface area contributed by atoms with Crippen molar-refractivity contribution in [1.82, 2.24) is 5.32 Å². The maximum atomic E-state index is 11.3. The molecule has 1 rings (SSSR count). The van der Waals surface area contributed by atoms with E-state index in [2.05, 4.69) is 26.1 Å². The van der Waals surface area contributed by atoms with Gasteiger partial charge in [0.1, 0.15) is 6.61 Å². The number of hydrogen-bond donors (Lipinski definition) is 2. The molecule has 0 heterocycles. The van der Waals surface area contributed by atoms with Crippen LogP contribution in [0, 0.1) is 11.3 Å². The number of carbonyl (C=O) groups is 1. The smallest absolute Gasteiger partial charge is 0.245 e. The van der Waals surface area contributed by atoms with Crippen molar-refractivity contribution in [3.8, 4) is 0 Å². The summed E-state index contributed by atoms with van der Waals surface area (Å²) >= 11 is 0. The van der Waals surface area contributed by atoms with Crippen molar-refractivity contribution in [1.29, 1.82) is 0 Å². The monoisotopic (exact) mass is 256 g/mol. The molecule has 1 aliphatic rings. The lowest BCUT2D eigenvalue weighted by molar-refractivity contribution is -0.136. The first kappa shape index (κ1) is 15.4. The standard InChI is InChI=1S/C14H28N2O2/c1-13(2,3)11-5-7-14(10-15,8-6-11)18-9-12(17)16-4/h11H,5-10,15H2,1-4H3,(H,16,17). The van der Waals surface area contributed by atoms with E-state index in [1.807, 2.05) is 0 Å². The summed E-state index contributed by atoms with van der Waals surface area (Å²) < 4.78 is 5.80. The van der Waals surface area contributed by atoms with Gasteiger partial charge in [-0.2, -0.15) is 0 Å². The number of rotatable bonds is 4. The van der Waals surface area contributed by atoms with Gasteiger partial charge < -0.3 is 15.8 Å². The molecule has 0 aromatic heterocycles. The van der Waals surface area contributed by atoms with Crippen molar-refractivity contribution in [2.24, 2.45) is 17.1 Å². The third kappa shape index (κ3) is 3.95. The highest BCUT2D eigenvalue weighted by atomic mass is 16.5. The Hall–Kier alpha value is -0.610. The van der Waals surface area contributed by atoms with Crippen molar-refractivity contribution in [3.05, 3.63) is 0 Å². The van der Waals surface area contributed by atoms with Gasteiger partial charge in [-0.3, -0.25) is 4.79 Å². The molecular formula is C14H28N2O2. The van der Waals surface area contributed by atoms with Crippen LogP contribution in [0.3, 0.4) is 0 Å². The number of hydrogen-bond acceptors (Lipinski definition) is 3. The van der Waals surface area contributed by atoms with E-state index in [0.29, 0.717) is 12.0 Å². The summed E-state index contributed by atoms with van der Waals surface area (Å²) in [6, 6.07) is 0. The minimum absolute atomic E-state index is 0.0826. The molecule has 18 heavy (non-hydrogen) atoms. The fraction of sp³-hybridized carbons (Fsp3) is 0.929. The molecule has 1 amide bonds. The van der Waals surface area contributed by atoms with Gasteiger partial charge in [0.15, 0.2) is 0 Å². The van der Waals surface area contributed by atoms with Gasteiger partial charge in [0.05, 0.1) is 5.60 Å². The van der Waals surface area contributed by atoms with E-state index in [1.165, 1.54) is 0 Å². The molecule has 0 unspecified atom stereocenters. The quantitative estimate of drug-likeness (QED) is 0.804. The Morgan fingerprint density at radius 3 is 2.33 bits per heavy atom. The number of nitrogens with one attached hydrogen (secondary N) is 1. The molecule has 0 atom stereocenters. The molecule has 3 N–H and O–H groups in total. The molecule has 4 nitrogen and oxygen atoms in total. The van der Waals surface area contributed by atoms with Gasteiger partial charge >= 0.3 is 0 Å². The van der Waals surface area contributed by atoms with Gasteiger partial charge in [0.25, 0.3) is 0 Å². The first-order chi connectivity index (χ1) is 8.33. The average Bonchev–Trinajstić information content (AvgIpc) is 2.35. The second-order valence-electron chi connectivity index (χ2n) is 6.49. The first-order valence-corrected chi connectivity index (χ1v) is 6.87. The van der Waals surface area contributed by atoms with Crippen LogP contribution in [0.4, 0.5) is 0 Å². The fourth-order valence-corrected chi connectivity index (χ4v) is 2.71. The summed E-state index contributed by atoms with van der Waals surface area (Å²) in [5.41, 5.74) is 5.93. The molecular weight excluding hydrogens is 228 g/mol. The van der Waals surface area contributed by atoms with Gasteiger partial charge in [-0.15, -0.1) is 0 Å². The number of nitrogens with two attached hydrogens (primary N) is 1. The number of carbonyl (C=O) groups excluding carboxylic acids is 1. The zero-order valence-electron chi connectivity index (χ0n) is 12.2. The van der Waals surface area contributed by atoms with Gasteiger partial charge in [-0.05, 0) is 37.0 Å². The van der Waals surface area contributed by atoms with Gasteiger partial charge in [0, 0.05) is 13.6 Å². The average molecular weight is 256 g/mol. The number of amides is 1. The van der Waals surface area contributed by atoms with Crippen LogP contribution < -0.4 is 11.1 Å². The van der Waals surface area contributed by atoms with Gasteiger partial charge in [-0.25, -0.2) is 0 Å². The van der Waals surface area contributed by atoms with Gasteiger partial charge in [-0.1, -0.05) is 20.8 Å². The molecule has 4 heteroatoms. The van der Waals surface area contributed by atoms with E-state index in [4.69, 9.17) is 10.5 Å². The zero-order valence-corrected chi connectivity index (χ0v) is 12.2. The van der Waals surface area contributed by atoms with Crippen molar-refractivity contribution >= 4 is 5.91 Å². The largest absolute Gasteiger partial charge is 0.364 e. The Kier molecular flexibility index (Phi) is 5.17. The second-order valence-corrected chi connectivity index (χ2v) is 6.49. The normalized spacial score (nSPS) is 29.1. The minimum atomic E-state index is -0.283. The van der Waals surface area contributed by atoms with Crippen LogP contribution in [0.15, 0.2) is 0 Å². The van der Waals surface area contributed by atoms with Crippen LogP contribution in [0.1, 0.15) is 46.5 Å². The molecule has 0 spiro atoms. The summed E-state index contributed by atoms with van der Waals surface area (Å²) in [5, 5.41) is 2.57. The molecule has 0 aliphatic heterocycles. The van der Waals surface area contributed by atoms with E-state index in [0.717, 1.165) is 31.6 Å². The number of ether oxygens (including phenoxy) is 1. The summed E-state index contributed by atoms with van der Waals surface area (Å²) in [6.07, 6.45) is 4.19. The molecule has 1 fully saturated rings. The summed E-state index contributed by atoms with van der Waals surface area (Å²) in [4.78, 5) is 11.3. The highest BCUT2D eigenvalue weighted by Crippen LogP contribution is 2.42. The topological polar surface area (TPSA) is 64.3 Å². The Bertz CT molecular complexity index is 276.